The lowest BCUT2D eigenvalue weighted by atomic mass is 10.1. The normalized spacial score (nSPS) is 19.0. The van der Waals surface area contributed by atoms with Gasteiger partial charge < -0.3 is 5.11 Å². The fourth-order valence-electron chi connectivity index (χ4n) is 2.93. The van der Waals surface area contributed by atoms with Gasteiger partial charge in [-0.3, -0.25) is 9.69 Å². The van der Waals surface area contributed by atoms with Gasteiger partial charge in [0.1, 0.15) is 0 Å². The van der Waals surface area contributed by atoms with Crippen molar-refractivity contribution in [2.24, 2.45) is 0 Å². The number of hydrogen-bond acceptors (Lipinski definition) is 3. The number of aliphatic carboxylic acids is 1. The number of carboxylic acid groups (broad SMARTS) is 1. The third-order valence-corrected chi connectivity index (χ3v) is 3.95. The van der Waals surface area contributed by atoms with Gasteiger partial charge in [-0.1, -0.05) is 18.2 Å². The average molecular weight is 285 g/mol. The van der Waals surface area contributed by atoms with E-state index in [1.807, 2.05) is 47.4 Å². The first kappa shape index (κ1) is 13.8. The lowest BCUT2D eigenvalue weighted by Crippen LogP contribution is -2.30. The summed E-state index contributed by atoms with van der Waals surface area (Å²) in [5.41, 5.74) is 2.16. The van der Waals surface area contributed by atoms with Gasteiger partial charge in [0.25, 0.3) is 0 Å². The van der Waals surface area contributed by atoms with Crippen LogP contribution in [0.2, 0.25) is 0 Å². The number of benzene rings is 1. The summed E-state index contributed by atoms with van der Waals surface area (Å²) >= 11 is 0. The molecule has 0 amide bonds. The molecule has 1 atom stereocenters. The highest BCUT2D eigenvalue weighted by atomic mass is 16.4. The summed E-state index contributed by atoms with van der Waals surface area (Å²) in [4.78, 5) is 13.1. The summed E-state index contributed by atoms with van der Waals surface area (Å²) in [6, 6.07) is 10.1. The molecule has 1 N–H and O–H groups in total. The molecule has 0 bridgehead atoms. The zero-order valence-corrected chi connectivity index (χ0v) is 11.9. The Balaban J connectivity index is 1.68. The van der Waals surface area contributed by atoms with E-state index in [1.54, 1.807) is 0 Å². The number of para-hydroxylation sites is 1. The molecule has 0 saturated carbocycles. The van der Waals surface area contributed by atoms with Crippen molar-refractivity contribution in [3.8, 4) is 5.69 Å². The predicted molar refractivity (Wildman–Crippen MR) is 79.2 cm³/mol. The van der Waals surface area contributed by atoms with E-state index >= 15 is 0 Å². The van der Waals surface area contributed by atoms with Crippen LogP contribution in [0.25, 0.3) is 5.69 Å². The van der Waals surface area contributed by atoms with Crippen molar-refractivity contribution in [1.82, 2.24) is 14.7 Å². The van der Waals surface area contributed by atoms with Crippen molar-refractivity contribution in [1.29, 1.82) is 0 Å². The smallest absolute Gasteiger partial charge is 0.304 e. The SMILES string of the molecule is O=C(O)CC1CCCN1Cc1cnn(-c2ccccc2)c1. The van der Waals surface area contributed by atoms with Gasteiger partial charge in [0.05, 0.1) is 18.3 Å². The minimum absolute atomic E-state index is 0.155. The molecule has 1 aromatic heterocycles. The van der Waals surface area contributed by atoms with E-state index in [4.69, 9.17) is 5.11 Å². The van der Waals surface area contributed by atoms with Crippen LogP contribution in [0.15, 0.2) is 42.7 Å². The number of likely N-dealkylation sites (tertiary alicyclic amines) is 1. The molecule has 1 aliphatic heterocycles. The Hall–Kier alpha value is -2.14. The number of hydrogen-bond donors (Lipinski definition) is 1. The molecule has 2 heterocycles. The zero-order valence-electron chi connectivity index (χ0n) is 11.9. The number of carboxylic acids is 1. The molecule has 5 heteroatoms. The minimum Gasteiger partial charge on any atom is -0.481 e. The minimum atomic E-state index is -0.716. The lowest BCUT2D eigenvalue weighted by molar-refractivity contribution is -0.138. The van der Waals surface area contributed by atoms with Crippen molar-refractivity contribution in [2.45, 2.75) is 31.8 Å². The highest BCUT2D eigenvalue weighted by molar-refractivity contribution is 5.67. The Kier molecular flexibility index (Phi) is 4.01. The van der Waals surface area contributed by atoms with E-state index in [1.165, 1.54) is 0 Å². The van der Waals surface area contributed by atoms with Crippen molar-refractivity contribution in [3.05, 3.63) is 48.3 Å². The maximum atomic E-state index is 10.9. The van der Waals surface area contributed by atoms with Crippen LogP contribution in [-0.4, -0.2) is 38.3 Å². The lowest BCUT2D eigenvalue weighted by Gasteiger charge is -2.22. The second kappa shape index (κ2) is 6.10. The summed E-state index contributed by atoms with van der Waals surface area (Å²) in [6.07, 6.45) is 6.16. The Labute approximate surface area is 123 Å². The van der Waals surface area contributed by atoms with E-state index in [0.29, 0.717) is 0 Å². The van der Waals surface area contributed by atoms with Gasteiger partial charge in [0.2, 0.25) is 0 Å². The van der Waals surface area contributed by atoms with Crippen LogP contribution in [0, 0.1) is 0 Å². The molecule has 0 radical (unpaired) electrons. The van der Waals surface area contributed by atoms with Crippen LogP contribution in [0.1, 0.15) is 24.8 Å². The third-order valence-electron chi connectivity index (χ3n) is 3.95. The highest BCUT2D eigenvalue weighted by Gasteiger charge is 2.26. The molecule has 1 aromatic carbocycles. The van der Waals surface area contributed by atoms with Crippen LogP contribution in [0.5, 0.6) is 0 Å². The Morgan fingerprint density at radius 3 is 2.90 bits per heavy atom. The van der Waals surface area contributed by atoms with Crippen LogP contribution < -0.4 is 0 Å². The van der Waals surface area contributed by atoms with Crippen molar-refractivity contribution in [2.75, 3.05) is 6.54 Å². The molecular formula is C16H19N3O2. The second-order valence-corrected chi connectivity index (χ2v) is 5.49. The average Bonchev–Trinajstić information content (AvgIpc) is 3.10. The first-order chi connectivity index (χ1) is 10.2. The standard InChI is InChI=1S/C16H19N3O2/c20-16(21)9-15-7-4-8-18(15)11-13-10-17-19(12-13)14-5-2-1-3-6-14/h1-3,5-6,10,12,15H,4,7-9,11H2,(H,20,21). The van der Waals surface area contributed by atoms with E-state index in [-0.39, 0.29) is 12.5 Å². The third kappa shape index (κ3) is 3.31. The fraction of sp³-hybridized carbons (Fsp3) is 0.375. The Morgan fingerprint density at radius 1 is 1.33 bits per heavy atom. The molecule has 21 heavy (non-hydrogen) atoms. The van der Waals surface area contributed by atoms with Crippen LogP contribution in [0.4, 0.5) is 0 Å². The molecule has 1 aliphatic rings. The summed E-state index contributed by atoms with van der Waals surface area (Å²) in [7, 11) is 0. The molecule has 1 saturated heterocycles. The van der Waals surface area contributed by atoms with Crippen molar-refractivity contribution < 1.29 is 9.90 Å². The molecule has 110 valence electrons. The summed E-state index contributed by atoms with van der Waals surface area (Å²) in [5.74, 6) is -0.716. The monoisotopic (exact) mass is 285 g/mol. The topological polar surface area (TPSA) is 58.4 Å². The fourth-order valence-corrected chi connectivity index (χ4v) is 2.93. The van der Waals surface area contributed by atoms with Crippen molar-refractivity contribution in [3.63, 3.8) is 0 Å². The van der Waals surface area contributed by atoms with Gasteiger partial charge >= 0.3 is 5.97 Å². The Bertz CT molecular complexity index is 609. The summed E-state index contributed by atoms with van der Waals surface area (Å²) < 4.78 is 1.86. The number of aromatic nitrogens is 2. The van der Waals surface area contributed by atoms with Crippen molar-refractivity contribution >= 4 is 5.97 Å². The molecule has 0 spiro atoms. The van der Waals surface area contributed by atoms with E-state index < -0.39 is 5.97 Å². The molecule has 1 fully saturated rings. The molecule has 1 unspecified atom stereocenters. The van der Waals surface area contributed by atoms with Gasteiger partial charge in [-0.2, -0.15) is 5.10 Å². The van der Waals surface area contributed by atoms with E-state index in [2.05, 4.69) is 10.00 Å². The largest absolute Gasteiger partial charge is 0.481 e. The van der Waals surface area contributed by atoms with Gasteiger partial charge in [0, 0.05) is 24.3 Å². The maximum absolute atomic E-state index is 10.9. The maximum Gasteiger partial charge on any atom is 0.304 e. The van der Waals surface area contributed by atoms with E-state index in [0.717, 1.165) is 37.2 Å². The number of rotatable bonds is 5. The van der Waals surface area contributed by atoms with E-state index in [9.17, 15) is 4.79 Å². The predicted octanol–water partition coefficient (Wildman–Crippen LogP) is 2.31. The summed E-state index contributed by atoms with van der Waals surface area (Å²) in [6.45, 7) is 1.74. The quantitative estimate of drug-likeness (QED) is 0.916. The van der Waals surface area contributed by atoms with Gasteiger partial charge in [0.15, 0.2) is 0 Å². The molecule has 0 aliphatic carbocycles. The van der Waals surface area contributed by atoms with Crippen LogP contribution in [0.3, 0.4) is 0 Å². The van der Waals surface area contributed by atoms with Gasteiger partial charge in [-0.15, -0.1) is 0 Å². The van der Waals surface area contributed by atoms with Gasteiger partial charge in [-0.25, -0.2) is 4.68 Å². The molecule has 2 aromatic rings. The molecule has 3 rings (SSSR count). The van der Waals surface area contributed by atoms with Crippen LogP contribution >= 0.6 is 0 Å². The summed E-state index contributed by atoms with van der Waals surface area (Å²) in [5, 5.41) is 13.4. The first-order valence-electron chi connectivity index (χ1n) is 7.27. The molecular weight excluding hydrogens is 266 g/mol. The highest BCUT2D eigenvalue weighted by Crippen LogP contribution is 2.22. The zero-order chi connectivity index (χ0) is 14.7. The first-order valence-corrected chi connectivity index (χ1v) is 7.27. The second-order valence-electron chi connectivity index (χ2n) is 5.49. The molecule has 5 nitrogen and oxygen atoms in total. The Morgan fingerprint density at radius 2 is 2.14 bits per heavy atom. The van der Waals surface area contributed by atoms with Gasteiger partial charge in [-0.05, 0) is 31.5 Å². The van der Waals surface area contributed by atoms with Crippen LogP contribution in [-0.2, 0) is 11.3 Å². The number of nitrogens with zero attached hydrogens (tertiary/aromatic N) is 3. The number of carbonyl (C=O) groups is 1.